The predicted molar refractivity (Wildman–Crippen MR) is 125 cm³/mol. The van der Waals surface area contributed by atoms with Crippen LogP contribution in [0.3, 0.4) is 0 Å². The number of rotatable bonds is 8. The zero-order chi connectivity index (χ0) is 24.5. The van der Waals surface area contributed by atoms with Gasteiger partial charge < -0.3 is 19.5 Å². The van der Waals surface area contributed by atoms with Crippen LogP contribution in [0, 0.1) is 0 Å². The van der Waals surface area contributed by atoms with E-state index in [9.17, 15) is 17.2 Å². The van der Waals surface area contributed by atoms with Gasteiger partial charge in [0.2, 0.25) is 5.75 Å². The van der Waals surface area contributed by atoms with Crippen LogP contribution < -0.4 is 19.5 Å². The summed E-state index contributed by atoms with van der Waals surface area (Å²) in [6.45, 7) is 1.64. The fourth-order valence-corrected chi connectivity index (χ4v) is 4.42. The molecule has 0 radical (unpaired) electrons. The number of halogens is 2. The van der Waals surface area contributed by atoms with E-state index < -0.39 is 16.4 Å². The highest BCUT2D eigenvalue weighted by molar-refractivity contribution is 7.90. The fourth-order valence-electron chi connectivity index (χ4n) is 3.78. The van der Waals surface area contributed by atoms with Gasteiger partial charge in [-0.25, -0.2) is 8.42 Å². The molecule has 1 N–H and O–H groups in total. The molecular weight excluding hydrogens is 464 g/mol. The van der Waals surface area contributed by atoms with Crippen LogP contribution >= 0.6 is 0 Å². The molecule has 6 nitrogen and oxygen atoms in total. The van der Waals surface area contributed by atoms with Crippen LogP contribution in [0.5, 0.6) is 17.2 Å². The fraction of sp³-hybridized carbons (Fsp3) is 0.200. The molecule has 0 saturated heterocycles. The molecule has 0 bridgehead atoms. The highest BCUT2D eigenvalue weighted by atomic mass is 32.2. The highest BCUT2D eigenvalue weighted by Gasteiger charge is 2.22. The second-order valence-electron chi connectivity index (χ2n) is 7.76. The Hall–Kier alpha value is -3.59. The summed E-state index contributed by atoms with van der Waals surface area (Å²) < 4.78 is 65.5. The molecule has 4 rings (SSSR count). The van der Waals surface area contributed by atoms with Crippen molar-refractivity contribution >= 4 is 15.5 Å². The van der Waals surface area contributed by atoms with Crippen molar-refractivity contribution in [2.75, 3.05) is 13.4 Å². The van der Waals surface area contributed by atoms with Crippen molar-refractivity contribution in [3.05, 3.63) is 77.9 Å². The minimum Gasteiger partial charge on any atom is -0.490 e. The van der Waals surface area contributed by atoms with Crippen LogP contribution in [0.4, 0.5) is 8.78 Å². The first-order valence-electron chi connectivity index (χ1n) is 10.3. The maximum absolute atomic E-state index is 13.0. The third kappa shape index (κ3) is 4.84. The number of sulfone groups is 1. The second-order valence-corrected chi connectivity index (χ2v) is 9.78. The van der Waals surface area contributed by atoms with E-state index in [2.05, 4.69) is 16.6 Å². The molecule has 0 fully saturated rings. The normalized spacial score (nSPS) is 12.9. The molecule has 3 aromatic rings. The molecule has 1 aliphatic heterocycles. The zero-order valence-corrected chi connectivity index (χ0v) is 19.4. The van der Waals surface area contributed by atoms with Gasteiger partial charge in [0.05, 0.1) is 12.0 Å². The highest BCUT2D eigenvalue weighted by Crippen LogP contribution is 2.46. The lowest BCUT2D eigenvalue weighted by Gasteiger charge is -2.19. The van der Waals surface area contributed by atoms with Crippen molar-refractivity contribution in [3.8, 4) is 28.4 Å². The van der Waals surface area contributed by atoms with Gasteiger partial charge in [0.1, 0.15) is 6.61 Å². The Kier molecular flexibility index (Phi) is 6.47. The first kappa shape index (κ1) is 23.6. The van der Waals surface area contributed by atoms with Crippen molar-refractivity contribution in [1.29, 1.82) is 0 Å². The average Bonchev–Trinajstić information content (AvgIpc) is 3.17. The number of nitrogens with one attached hydrogen (secondary N) is 1. The van der Waals surface area contributed by atoms with Gasteiger partial charge in [-0.2, -0.15) is 8.78 Å². The Labute approximate surface area is 196 Å². The first-order chi connectivity index (χ1) is 16.2. The standard InChI is InChI=1S/C25H23F2NO5S/c1-15-20-9-6-17(12-18(20)13-28-15)21-10-11-22(33-25(26)27)24(31-2)23(21)32-14-16-4-7-19(8-5-16)34(3,29)30/h4-12,25,28H,1,13-14H2,2-3H3. The third-order valence-electron chi connectivity index (χ3n) is 5.46. The summed E-state index contributed by atoms with van der Waals surface area (Å²) in [4.78, 5) is 0.190. The Morgan fingerprint density at radius 1 is 1.03 bits per heavy atom. The molecule has 9 heteroatoms. The van der Waals surface area contributed by atoms with Crippen LogP contribution in [0.1, 0.15) is 16.7 Å². The summed E-state index contributed by atoms with van der Waals surface area (Å²) in [6.07, 6.45) is 1.13. The Bertz CT molecular complexity index is 1340. The van der Waals surface area contributed by atoms with Crippen molar-refractivity contribution in [1.82, 2.24) is 5.32 Å². The van der Waals surface area contributed by atoms with Gasteiger partial charge >= 0.3 is 6.61 Å². The molecule has 3 aromatic carbocycles. The molecule has 0 amide bonds. The molecule has 0 aliphatic carbocycles. The Morgan fingerprint density at radius 2 is 1.74 bits per heavy atom. The summed E-state index contributed by atoms with van der Waals surface area (Å²) in [6, 6.07) is 15.1. The van der Waals surface area contributed by atoms with Gasteiger partial charge in [-0.15, -0.1) is 0 Å². The second kappa shape index (κ2) is 9.34. The number of hydrogen-bond acceptors (Lipinski definition) is 6. The van der Waals surface area contributed by atoms with E-state index in [1.807, 2.05) is 18.2 Å². The van der Waals surface area contributed by atoms with E-state index in [1.165, 1.54) is 25.3 Å². The quantitative estimate of drug-likeness (QED) is 0.481. The summed E-state index contributed by atoms with van der Waals surface area (Å²) in [5.74, 6) is 0.117. The van der Waals surface area contributed by atoms with Crippen molar-refractivity contribution in [2.45, 2.75) is 24.7 Å². The third-order valence-corrected chi connectivity index (χ3v) is 6.59. The lowest BCUT2D eigenvalue weighted by molar-refractivity contribution is -0.0513. The van der Waals surface area contributed by atoms with E-state index in [-0.39, 0.29) is 28.8 Å². The molecule has 0 spiro atoms. The molecule has 1 aliphatic rings. The van der Waals surface area contributed by atoms with E-state index in [0.717, 1.165) is 28.6 Å². The number of ether oxygens (including phenoxy) is 3. The van der Waals surface area contributed by atoms with E-state index in [4.69, 9.17) is 9.47 Å². The van der Waals surface area contributed by atoms with Gasteiger partial charge in [-0.05, 0) is 47.0 Å². The first-order valence-corrected chi connectivity index (χ1v) is 12.2. The topological polar surface area (TPSA) is 73.9 Å². The Balaban J connectivity index is 1.73. The SMILES string of the molecule is C=C1NCc2cc(-c3ccc(OC(F)F)c(OC)c3OCc3ccc(S(C)(=O)=O)cc3)ccc21. The summed E-state index contributed by atoms with van der Waals surface area (Å²) >= 11 is 0. The molecule has 0 unspecified atom stereocenters. The van der Waals surface area contributed by atoms with Crippen LogP contribution in [-0.2, 0) is 23.0 Å². The van der Waals surface area contributed by atoms with Gasteiger partial charge in [0.25, 0.3) is 0 Å². The molecule has 34 heavy (non-hydrogen) atoms. The van der Waals surface area contributed by atoms with E-state index >= 15 is 0 Å². The van der Waals surface area contributed by atoms with Crippen LogP contribution in [0.15, 0.2) is 66.1 Å². The number of benzene rings is 3. The van der Waals surface area contributed by atoms with Crippen LogP contribution in [-0.4, -0.2) is 28.4 Å². The van der Waals surface area contributed by atoms with Crippen molar-refractivity contribution < 1.29 is 31.4 Å². The monoisotopic (exact) mass is 487 g/mol. The minimum absolute atomic E-state index is 0.0357. The maximum Gasteiger partial charge on any atom is 0.387 e. The molecule has 0 saturated carbocycles. The zero-order valence-electron chi connectivity index (χ0n) is 18.6. The molecular formula is C25H23F2NO5S. The van der Waals surface area contributed by atoms with Crippen molar-refractivity contribution in [3.63, 3.8) is 0 Å². The molecule has 1 heterocycles. The summed E-state index contributed by atoms with van der Waals surface area (Å²) in [7, 11) is -1.98. The van der Waals surface area contributed by atoms with E-state index in [1.54, 1.807) is 18.2 Å². The lowest BCUT2D eigenvalue weighted by Crippen LogP contribution is -2.06. The predicted octanol–water partition coefficient (Wildman–Crippen LogP) is 5.02. The smallest absolute Gasteiger partial charge is 0.387 e. The number of fused-ring (bicyclic) bond motifs is 1. The lowest BCUT2D eigenvalue weighted by atomic mass is 9.98. The van der Waals surface area contributed by atoms with E-state index in [0.29, 0.717) is 17.7 Å². The average molecular weight is 488 g/mol. The Morgan fingerprint density at radius 3 is 2.38 bits per heavy atom. The number of alkyl halides is 2. The van der Waals surface area contributed by atoms with Crippen LogP contribution in [0.25, 0.3) is 16.8 Å². The minimum atomic E-state index is -3.33. The number of hydrogen-bond donors (Lipinski definition) is 1. The van der Waals surface area contributed by atoms with Gasteiger partial charge in [-0.3, -0.25) is 0 Å². The van der Waals surface area contributed by atoms with Gasteiger partial charge in [0, 0.05) is 29.6 Å². The summed E-state index contributed by atoms with van der Waals surface area (Å²) in [5.41, 5.74) is 5.04. The largest absolute Gasteiger partial charge is 0.490 e. The number of methoxy groups -OCH3 is 1. The summed E-state index contributed by atoms with van der Waals surface area (Å²) in [5, 5.41) is 3.20. The molecule has 0 aromatic heterocycles. The maximum atomic E-state index is 13.0. The molecule has 0 atom stereocenters. The van der Waals surface area contributed by atoms with Gasteiger partial charge in [0.15, 0.2) is 21.3 Å². The van der Waals surface area contributed by atoms with Crippen molar-refractivity contribution in [2.24, 2.45) is 0 Å². The molecule has 178 valence electrons. The van der Waals surface area contributed by atoms with Crippen LogP contribution in [0.2, 0.25) is 0 Å². The van der Waals surface area contributed by atoms with Gasteiger partial charge in [-0.1, -0.05) is 30.8 Å².